The summed E-state index contributed by atoms with van der Waals surface area (Å²) in [4.78, 5) is 12.0. The summed E-state index contributed by atoms with van der Waals surface area (Å²) in [6, 6.07) is 0. The molecule has 1 saturated carbocycles. The summed E-state index contributed by atoms with van der Waals surface area (Å²) in [5, 5.41) is 11.2. The van der Waals surface area contributed by atoms with Crippen molar-refractivity contribution >= 4 is 0 Å². The van der Waals surface area contributed by atoms with E-state index in [1.165, 1.54) is 6.42 Å². The molecule has 5 fully saturated rings. The maximum absolute atomic E-state index is 6.46. The Bertz CT molecular complexity index is 658. The van der Waals surface area contributed by atoms with Gasteiger partial charge in [-0.2, -0.15) is 0 Å². The second kappa shape index (κ2) is 5.97. The minimum absolute atomic E-state index is 0.112. The lowest BCUT2D eigenvalue weighted by Gasteiger charge is -2.60. The second-order valence-electron chi connectivity index (χ2n) is 8.66. The first-order valence-corrected chi connectivity index (χ1v) is 9.78. The Kier molecular flexibility index (Phi) is 3.92. The van der Waals surface area contributed by atoms with Gasteiger partial charge in [-0.1, -0.05) is 13.8 Å². The molecule has 144 valence electrons. The molecule has 0 amide bonds. The van der Waals surface area contributed by atoms with Gasteiger partial charge in [0, 0.05) is 18.3 Å². The molecular formula is C18H28N4O4. The molecule has 1 aliphatic carbocycles. The molecule has 1 N–H and O–H groups in total. The first-order valence-electron chi connectivity index (χ1n) is 9.78. The number of fused-ring (bicyclic) bond motifs is 2. The smallest absolute Gasteiger partial charge is 0.201 e. The minimum Gasteiger partial charge on any atom is -0.331 e. The van der Waals surface area contributed by atoms with Gasteiger partial charge in [-0.3, -0.25) is 5.32 Å². The van der Waals surface area contributed by atoms with Crippen LogP contribution in [0.15, 0.2) is 12.7 Å². The number of aromatic nitrogens is 3. The monoisotopic (exact) mass is 364 g/mol. The van der Waals surface area contributed by atoms with Crippen LogP contribution in [0.5, 0.6) is 0 Å². The Labute approximate surface area is 153 Å². The third-order valence-electron chi connectivity index (χ3n) is 7.10. The van der Waals surface area contributed by atoms with Crippen molar-refractivity contribution in [2.24, 2.45) is 23.7 Å². The molecule has 4 aliphatic heterocycles. The fourth-order valence-corrected chi connectivity index (χ4v) is 5.64. The van der Waals surface area contributed by atoms with Crippen molar-refractivity contribution in [2.45, 2.75) is 77.0 Å². The normalized spacial score (nSPS) is 50.3. The third kappa shape index (κ3) is 2.39. The van der Waals surface area contributed by atoms with Crippen molar-refractivity contribution in [1.82, 2.24) is 20.1 Å². The van der Waals surface area contributed by atoms with E-state index >= 15 is 0 Å². The van der Waals surface area contributed by atoms with Gasteiger partial charge in [-0.25, -0.2) is 9.78 Å². The van der Waals surface area contributed by atoms with Crippen LogP contribution in [-0.2, 0) is 25.9 Å². The highest BCUT2D eigenvalue weighted by Crippen LogP contribution is 2.60. The quantitative estimate of drug-likeness (QED) is 0.822. The summed E-state index contributed by atoms with van der Waals surface area (Å²) in [5.74, 6) is 0.878. The van der Waals surface area contributed by atoms with Gasteiger partial charge in [-0.15, -0.1) is 10.2 Å². The molecule has 5 aliphatic rings. The van der Waals surface area contributed by atoms with Crippen molar-refractivity contribution < 1.29 is 19.2 Å². The number of ether oxygens (including phenoxy) is 2. The van der Waals surface area contributed by atoms with Crippen molar-refractivity contribution in [3.8, 4) is 0 Å². The molecule has 1 aromatic heterocycles. The molecular weight excluding hydrogens is 336 g/mol. The average Bonchev–Trinajstić information content (AvgIpc) is 3.04. The van der Waals surface area contributed by atoms with Crippen LogP contribution in [0.2, 0.25) is 0 Å². The van der Waals surface area contributed by atoms with E-state index in [2.05, 4.69) is 29.4 Å². The molecule has 26 heavy (non-hydrogen) atoms. The van der Waals surface area contributed by atoms with Gasteiger partial charge in [0.1, 0.15) is 18.9 Å². The Hall–Kier alpha value is -1.06. The standard InChI is InChI=1S/C18H28N4O4/c1-11-4-5-14-12(2)15(19-8-22-9-20-21-10-22)23-16-18(14)13(11)6-7-17(3,24-16)25-26-18/h9-16,19H,4-8H2,1-3H3/t11-,12-,13+,14+,15?,16-,17+,18?/m1/s1. The number of nitrogens with zero attached hydrogens (tertiary/aromatic N) is 3. The largest absolute Gasteiger partial charge is 0.331 e. The zero-order valence-corrected chi connectivity index (χ0v) is 15.6. The van der Waals surface area contributed by atoms with Crippen molar-refractivity contribution in [3.05, 3.63) is 12.7 Å². The highest BCUT2D eigenvalue weighted by molar-refractivity contribution is 5.09. The summed E-state index contributed by atoms with van der Waals surface area (Å²) in [6.07, 6.45) is 7.09. The van der Waals surface area contributed by atoms with Crippen LogP contribution in [0.1, 0.15) is 46.5 Å². The van der Waals surface area contributed by atoms with E-state index in [0.29, 0.717) is 24.4 Å². The maximum atomic E-state index is 6.46. The number of nitrogens with one attached hydrogen (secondary N) is 1. The molecule has 4 saturated heterocycles. The predicted molar refractivity (Wildman–Crippen MR) is 90.0 cm³/mol. The SMILES string of the molecule is C[C@@H]1CC[C@H]2[C@@H](C)C(NCn3cnnc3)O[C@@H]3O[C@]4(C)CC[C@@H]1C32OO4. The zero-order chi connectivity index (χ0) is 17.9. The molecule has 0 radical (unpaired) electrons. The van der Waals surface area contributed by atoms with Crippen molar-refractivity contribution in [1.29, 1.82) is 0 Å². The van der Waals surface area contributed by atoms with Gasteiger partial charge in [0.05, 0.1) is 6.67 Å². The third-order valence-corrected chi connectivity index (χ3v) is 7.10. The van der Waals surface area contributed by atoms with Crippen LogP contribution in [0.4, 0.5) is 0 Å². The number of hydrogen-bond acceptors (Lipinski definition) is 7. The predicted octanol–water partition coefficient (Wildman–Crippen LogP) is 2.03. The van der Waals surface area contributed by atoms with Crippen LogP contribution in [0, 0.1) is 23.7 Å². The van der Waals surface area contributed by atoms with E-state index in [0.717, 1.165) is 19.3 Å². The van der Waals surface area contributed by atoms with E-state index in [1.807, 2.05) is 11.5 Å². The fourth-order valence-electron chi connectivity index (χ4n) is 5.64. The Morgan fingerprint density at radius 2 is 1.92 bits per heavy atom. The van der Waals surface area contributed by atoms with Crippen LogP contribution >= 0.6 is 0 Å². The summed E-state index contributed by atoms with van der Waals surface area (Å²) in [6.45, 7) is 7.13. The molecule has 2 unspecified atom stereocenters. The van der Waals surface area contributed by atoms with E-state index in [-0.39, 0.29) is 12.1 Å². The van der Waals surface area contributed by atoms with E-state index in [9.17, 15) is 0 Å². The van der Waals surface area contributed by atoms with Gasteiger partial charge in [0.25, 0.3) is 0 Å². The molecule has 1 aromatic rings. The molecule has 8 atom stereocenters. The summed E-state index contributed by atoms with van der Waals surface area (Å²) in [5.41, 5.74) is -0.498. The first kappa shape index (κ1) is 17.1. The average molecular weight is 364 g/mol. The molecule has 8 heteroatoms. The van der Waals surface area contributed by atoms with Crippen LogP contribution < -0.4 is 5.32 Å². The molecule has 6 rings (SSSR count). The lowest BCUT2D eigenvalue weighted by molar-refractivity contribution is -0.571. The summed E-state index contributed by atoms with van der Waals surface area (Å²) < 4.78 is 14.7. The van der Waals surface area contributed by atoms with Gasteiger partial charge in [0.2, 0.25) is 5.79 Å². The van der Waals surface area contributed by atoms with Gasteiger partial charge in [0.15, 0.2) is 11.9 Å². The van der Waals surface area contributed by atoms with Gasteiger partial charge >= 0.3 is 0 Å². The van der Waals surface area contributed by atoms with Gasteiger partial charge < -0.3 is 14.0 Å². The van der Waals surface area contributed by atoms with Crippen molar-refractivity contribution in [2.75, 3.05) is 0 Å². The highest BCUT2D eigenvalue weighted by Gasteiger charge is 2.69. The summed E-state index contributed by atoms with van der Waals surface area (Å²) in [7, 11) is 0. The highest BCUT2D eigenvalue weighted by atomic mass is 17.3. The van der Waals surface area contributed by atoms with E-state index < -0.39 is 17.7 Å². The van der Waals surface area contributed by atoms with E-state index in [1.54, 1.807) is 12.7 Å². The first-order chi connectivity index (χ1) is 12.5. The topological polar surface area (TPSA) is 79.7 Å². The van der Waals surface area contributed by atoms with Crippen molar-refractivity contribution in [3.63, 3.8) is 0 Å². The minimum atomic E-state index is -0.725. The Morgan fingerprint density at radius 1 is 1.12 bits per heavy atom. The lowest BCUT2D eigenvalue weighted by atomic mass is 9.58. The van der Waals surface area contributed by atoms with Crippen LogP contribution in [0.3, 0.4) is 0 Å². The molecule has 2 bridgehead atoms. The number of rotatable bonds is 3. The molecule has 0 aromatic carbocycles. The van der Waals surface area contributed by atoms with Crippen LogP contribution in [0.25, 0.3) is 0 Å². The van der Waals surface area contributed by atoms with Crippen LogP contribution in [-0.4, -0.2) is 38.7 Å². The molecule has 1 spiro atoms. The Morgan fingerprint density at radius 3 is 2.73 bits per heavy atom. The zero-order valence-electron chi connectivity index (χ0n) is 15.6. The fraction of sp³-hybridized carbons (Fsp3) is 0.889. The molecule has 5 heterocycles. The lowest BCUT2D eigenvalue weighted by Crippen LogP contribution is -2.71. The van der Waals surface area contributed by atoms with Gasteiger partial charge in [-0.05, 0) is 38.0 Å². The van der Waals surface area contributed by atoms with E-state index in [4.69, 9.17) is 19.2 Å². The number of hydrogen-bond donors (Lipinski definition) is 1. The molecule has 8 nitrogen and oxygen atoms in total. The maximum Gasteiger partial charge on any atom is 0.201 e. The summed E-state index contributed by atoms with van der Waals surface area (Å²) >= 11 is 0. The second-order valence-corrected chi connectivity index (χ2v) is 8.66. The Balaban J connectivity index is 1.45.